The standard InChI is InChI=1S/C20H28N4O3/c21-19(22)15-9-7-14(8-10-15)12-23-20(26)17-6-3-11-24(17)18(25)13-27-16-4-1-2-5-16/h7-10,16-17H,1-6,11-13H2,(H3,21,22)(H,23,26)/t17-/m0/s1. The topological polar surface area (TPSA) is 109 Å². The third-order valence-electron chi connectivity index (χ3n) is 5.35. The predicted octanol–water partition coefficient (Wildman–Crippen LogP) is 1.54. The Morgan fingerprint density at radius 1 is 1.15 bits per heavy atom. The summed E-state index contributed by atoms with van der Waals surface area (Å²) in [6.45, 7) is 1.06. The lowest BCUT2D eigenvalue weighted by Crippen LogP contribution is -2.47. The molecular formula is C20H28N4O3. The first-order valence-electron chi connectivity index (χ1n) is 9.66. The van der Waals surface area contributed by atoms with Gasteiger partial charge in [-0.05, 0) is 31.2 Å². The molecule has 2 amide bonds. The number of likely N-dealkylation sites (tertiary alicyclic amines) is 1. The minimum absolute atomic E-state index is 0.0190. The minimum atomic E-state index is -0.416. The van der Waals surface area contributed by atoms with E-state index in [2.05, 4.69) is 5.32 Å². The molecule has 1 saturated carbocycles. The normalized spacial score (nSPS) is 20.0. The number of ether oxygens (including phenoxy) is 1. The van der Waals surface area contributed by atoms with Crippen LogP contribution in [0.15, 0.2) is 24.3 Å². The van der Waals surface area contributed by atoms with Crippen molar-refractivity contribution in [1.29, 1.82) is 5.41 Å². The van der Waals surface area contributed by atoms with Gasteiger partial charge < -0.3 is 20.7 Å². The molecule has 1 aliphatic heterocycles. The number of amides is 2. The summed E-state index contributed by atoms with van der Waals surface area (Å²) in [7, 11) is 0. The van der Waals surface area contributed by atoms with Crippen molar-refractivity contribution in [2.75, 3.05) is 13.2 Å². The highest BCUT2D eigenvalue weighted by molar-refractivity contribution is 5.94. The van der Waals surface area contributed by atoms with E-state index in [0.717, 1.165) is 24.8 Å². The molecule has 1 saturated heterocycles. The van der Waals surface area contributed by atoms with Crippen LogP contribution >= 0.6 is 0 Å². The molecule has 0 unspecified atom stereocenters. The maximum Gasteiger partial charge on any atom is 0.249 e. The molecule has 1 aromatic rings. The molecule has 7 heteroatoms. The fourth-order valence-corrected chi connectivity index (χ4v) is 3.77. The molecular weight excluding hydrogens is 344 g/mol. The number of amidine groups is 1. The van der Waals surface area contributed by atoms with Gasteiger partial charge in [0, 0.05) is 18.7 Å². The van der Waals surface area contributed by atoms with Crippen LogP contribution in [-0.2, 0) is 20.9 Å². The van der Waals surface area contributed by atoms with Crippen LogP contribution in [0.3, 0.4) is 0 Å². The Balaban J connectivity index is 1.48. The molecule has 0 bridgehead atoms. The summed E-state index contributed by atoms with van der Waals surface area (Å²) in [6.07, 6.45) is 6.10. The Kier molecular flexibility index (Phi) is 6.45. The number of carbonyl (C=O) groups is 2. The van der Waals surface area contributed by atoms with Crippen molar-refractivity contribution in [1.82, 2.24) is 10.2 Å². The lowest BCUT2D eigenvalue weighted by atomic mass is 10.1. The van der Waals surface area contributed by atoms with Crippen molar-refractivity contribution in [3.8, 4) is 0 Å². The molecule has 1 heterocycles. The van der Waals surface area contributed by atoms with E-state index >= 15 is 0 Å². The van der Waals surface area contributed by atoms with Crippen molar-refractivity contribution in [2.24, 2.45) is 5.73 Å². The molecule has 146 valence electrons. The Morgan fingerprint density at radius 2 is 1.85 bits per heavy atom. The van der Waals surface area contributed by atoms with Gasteiger partial charge in [-0.25, -0.2) is 0 Å². The highest BCUT2D eigenvalue weighted by Gasteiger charge is 2.34. The number of hydrogen-bond donors (Lipinski definition) is 3. The molecule has 1 aromatic carbocycles. The molecule has 0 spiro atoms. The van der Waals surface area contributed by atoms with Crippen molar-refractivity contribution in [3.63, 3.8) is 0 Å². The molecule has 2 aliphatic rings. The molecule has 0 aromatic heterocycles. The van der Waals surface area contributed by atoms with E-state index in [1.165, 1.54) is 12.8 Å². The Morgan fingerprint density at radius 3 is 2.52 bits per heavy atom. The van der Waals surface area contributed by atoms with Gasteiger partial charge >= 0.3 is 0 Å². The highest BCUT2D eigenvalue weighted by atomic mass is 16.5. The van der Waals surface area contributed by atoms with Crippen LogP contribution < -0.4 is 11.1 Å². The molecule has 2 fully saturated rings. The highest BCUT2D eigenvalue weighted by Crippen LogP contribution is 2.22. The summed E-state index contributed by atoms with van der Waals surface area (Å²) in [5.41, 5.74) is 7.02. The number of nitrogens with zero attached hydrogens (tertiary/aromatic N) is 1. The first kappa shape index (κ1) is 19.4. The van der Waals surface area contributed by atoms with Gasteiger partial charge in [0.2, 0.25) is 11.8 Å². The van der Waals surface area contributed by atoms with Crippen molar-refractivity contribution in [2.45, 2.75) is 57.2 Å². The van der Waals surface area contributed by atoms with Gasteiger partial charge in [0.15, 0.2) is 0 Å². The second-order valence-corrected chi connectivity index (χ2v) is 7.29. The smallest absolute Gasteiger partial charge is 0.249 e. The fraction of sp³-hybridized carbons (Fsp3) is 0.550. The van der Waals surface area contributed by atoms with Crippen molar-refractivity contribution < 1.29 is 14.3 Å². The van der Waals surface area contributed by atoms with Gasteiger partial charge in [-0.1, -0.05) is 37.1 Å². The monoisotopic (exact) mass is 372 g/mol. The van der Waals surface area contributed by atoms with Crippen LogP contribution in [0.1, 0.15) is 49.7 Å². The lowest BCUT2D eigenvalue weighted by molar-refractivity contribution is -0.143. The number of nitrogen functional groups attached to an aromatic ring is 1. The lowest BCUT2D eigenvalue weighted by Gasteiger charge is -2.24. The third-order valence-corrected chi connectivity index (χ3v) is 5.35. The second kappa shape index (κ2) is 8.99. The first-order valence-corrected chi connectivity index (χ1v) is 9.66. The maximum absolute atomic E-state index is 12.6. The second-order valence-electron chi connectivity index (χ2n) is 7.29. The zero-order chi connectivity index (χ0) is 19.2. The van der Waals surface area contributed by atoms with Crippen LogP contribution in [0, 0.1) is 5.41 Å². The van der Waals surface area contributed by atoms with Gasteiger partial charge in [0.25, 0.3) is 0 Å². The third kappa shape index (κ3) is 5.07. The zero-order valence-electron chi connectivity index (χ0n) is 15.6. The molecule has 27 heavy (non-hydrogen) atoms. The van der Waals surface area contributed by atoms with Crippen LogP contribution in [0.5, 0.6) is 0 Å². The number of hydrogen-bond acceptors (Lipinski definition) is 4. The van der Waals surface area contributed by atoms with Crippen LogP contribution in [0.25, 0.3) is 0 Å². The van der Waals surface area contributed by atoms with Crippen LogP contribution in [-0.4, -0.2) is 47.8 Å². The van der Waals surface area contributed by atoms with Gasteiger partial charge in [0.1, 0.15) is 18.5 Å². The molecule has 1 aliphatic carbocycles. The number of nitrogens with one attached hydrogen (secondary N) is 2. The van der Waals surface area contributed by atoms with Crippen LogP contribution in [0.2, 0.25) is 0 Å². The van der Waals surface area contributed by atoms with Crippen molar-refractivity contribution >= 4 is 17.6 Å². The van der Waals surface area contributed by atoms with Gasteiger partial charge in [-0.15, -0.1) is 0 Å². The van der Waals surface area contributed by atoms with E-state index < -0.39 is 6.04 Å². The van der Waals surface area contributed by atoms with Gasteiger partial charge in [-0.3, -0.25) is 15.0 Å². The van der Waals surface area contributed by atoms with E-state index in [4.69, 9.17) is 15.9 Å². The first-order chi connectivity index (χ1) is 13.0. The van der Waals surface area contributed by atoms with E-state index in [1.54, 1.807) is 17.0 Å². The van der Waals surface area contributed by atoms with Crippen molar-refractivity contribution in [3.05, 3.63) is 35.4 Å². The fourth-order valence-electron chi connectivity index (χ4n) is 3.77. The number of nitrogens with two attached hydrogens (primary N) is 1. The van der Waals surface area contributed by atoms with E-state index in [-0.39, 0.29) is 30.4 Å². The minimum Gasteiger partial charge on any atom is -0.384 e. The van der Waals surface area contributed by atoms with Crippen LogP contribution in [0.4, 0.5) is 0 Å². The average molecular weight is 372 g/mol. The average Bonchev–Trinajstić information content (AvgIpc) is 3.36. The summed E-state index contributed by atoms with van der Waals surface area (Å²) in [6, 6.07) is 6.78. The summed E-state index contributed by atoms with van der Waals surface area (Å²) in [5.74, 6) is -0.201. The summed E-state index contributed by atoms with van der Waals surface area (Å²) >= 11 is 0. The SMILES string of the molecule is N=C(N)c1ccc(CNC(=O)[C@@H]2CCCN2C(=O)COC2CCCC2)cc1. The zero-order valence-corrected chi connectivity index (χ0v) is 15.6. The van der Waals surface area contributed by atoms with E-state index in [1.807, 2.05) is 12.1 Å². The van der Waals surface area contributed by atoms with Gasteiger partial charge in [0.05, 0.1) is 6.10 Å². The Labute approximate surface area is 159 Å². The molecule has 3 rings (SSSR count). The Hall–Kier alpha value is -2.41. The predicted molar refractivity (Wildman–Crippen MR) is 102 cm³/mol. The maximum atomic E-state index is 12.6. The Bertz CT molecular complexity index is 683. The molecule has 1 atom stereocenters. The molecule has 0 radical (unpaired) electrons. The number of benzene rings is 1. The van der Waals surface area contributed by atoms with Gasteiger partial charge in [-0.2, -0.15) is 0 Å². The summed E-state index contributed by atoms with van der Waals surface area (Å²) in [4.78, 5) is 26.7. The summed E-state index contributed by atoms with van der Waals surface area (Å²) < 4.78 is 5.71. The quantitative estimate of drug-likeness (QED) is 0.498. The molecule has 7 nitrogen and oxygen atoms in total. The van der Waals surface area contributed by atoms with E-state index in [9.17, 15) is 9.59 Å². The number of rotatable bonds is 7. The largest absolute Gasteiger partial charge is 0.384 e. The van der Waals surface area contributed by atoms with E-state index in [0.29, 0.717) is 25.1 Å². The molecule has 4 N–H and O–H groups in total. The number of carbonyl (C=O) groups excluding carboxylic acids is 2. The summed E-state index contributed by atoms with van der Waals surface area (Å²) in [5, 5.41) is 10.3.